The molecule has 0 aromatic heterocycles. The number of rotatable bonds is 47. The number of hydrogen-bond donors (Lipinski definition) is 3. The molecule has 62 heavy (non-hydrogen) atoms. The van der Waals surface area contributed by atoms with E-state index in [4.69, 9.17) is 9.05 Å². The molecule has 0 saturated heterocycles. The number of quaternary nitrogens is 1. The topological polar surface area (TPSA) is 105 Å². The molecule has 0 saturated carbocycles. The first-order valence-electron chi connectivity index (χ1n) is 26.0. The van der Waals surface area contributed by atoms with Crippen molar-refractivity contribution in [2.24, 2.45) is 0 Å². The van der Waals surface area contributed by atoms with Gasteiger partial charge in [0.05, 0.1) is 39.9 Å². The summed E-state index contributed by atoms with van der Waals surface area (Å²) in [7, 11) is 1.55. The lowest BCUT2D eigenvalue weighted by Crippen LogP contribution is -2.45. The van der Waals surface area contributed by atoms with Gasteiger partial charge in [-0.1, -0.05) is 210 Å². The number of phosphoric acid groups is 1. The molecule has 3 atom stereocenters. The van der Waals surface area contributed by atoms with Crippen LogP contribution in [0, 0.1) is 0 Å². The van der Waals surface area contributed by atoms with Crippen LogP contribution in [0.2, 0.25) is 0 Å². The Balaban J connectivity index is 4.32. The van der Waals surface area contributed by atoms with Crippen LogP contribution in [-0.4, -0.2) is 73.4 Å². The van der Waals surface area contributed by atoms with Crippen LogP contribution < -0.4 is 5.32 Å². The van der Waals surface area contributed by atoms with Gasteiger partial charge in [0.2, 0.25) is 5.91 Å². The molecule has 0 aliphatic heterocycles. The zero-order valence-electron chi connectivity index (χ0n) is 41.4. The van der Waals surface area contributed by atoms with E-state index in [1.165, 1.54) is 167 Å². The number of nitrogens with zero attached hydrogens (tertiary/aromatic N) is 1. The third-order valence-corrected chi connectivity index (χ3v) is 12.5. The number of nitrogens with one attached hydrogen (secondary N) is 1. The van der Waals surface area contributed by atoms with E-state index < -0.39 is 20.0 Å². The second-order valence-electron chi connectivity index (χ2n) is 18.9. The number of aliphatic hydroxyl groups excluding tert-OH is 1. The number of aliphatic hydroxyl groups is 1. The normalized spacial score (nSPS) is 14.5. The minimum absolute atomic E-state index is 0.0551. The van der Waals surface area contributed by atoms with Gasteiger partial charge in [0.15, 0.2) is 0 Å². The van der Waals surface area contributed by atoms with Crippen molar-refractivity contribution >= 4 is 13.7 Å². The maximum absolute atomic E-state index is 12.9. The average molecular weight is 894 g/mol. The Morgan fingerprint density at radius 2 is 0.935 bits per heavy atom. The fraction of sp³-hybridized carbons (Fsp3) is 0.830. The molecule has 1 amide bonds. The second kappa shape index (κ2) is 44.7. The fourth-order valence-electron chi connectivity index (χ4n) is 7.38. The summed E-state index contributed by atoms with van der Waals surface area (Å²) in [5.74, 6) is -0.189. The van der Waals surface area contributed by atoms with Crippen LogP contribution in [-0.2, 0) is 18.4 Å². The lowest BCUT2D eigenvalue weighted by molar-refractivity contribution is -0.870. The Morgan fingerprint density at radius 3 is 1.39 bits per heavy atom. The highest BCUT2D eigenvalue weighted by atomic mass is 31.2. The van der Waals surface area contributed by atoms with Crippen LogP contribution in [0.3, 0.4) is 0 Å². The van der Waals surface area contributed by atoms with Crippen molar-refractivity contribution in [3.05, 3.63) is 48.6 Å². The summed E-state index contributed by atoms with van der Waals surface area (Å²) in [6.07, 6.45) is 57.6. The van der Waals surface area contributed by atoms with Gasteiger partial charge in [-0.2, -0.15) is 0 Å². The number of carbonyl (C=O) groups excluding carboxylic acids is 1. The third kappa shape index (κ3) is 46.5. The lowest BCUT2D eigenvalue weighted by atomic mass is 10.0. The van der Waals surface area contributed by atoms with Crippen LogP contribution >= 0.6 is 7.82 Å². The molecule has 0 aromatic rings. The molecule has 0 aliphatic rings. The van der Waals surface area contributed by atoms with Gasteiger partial charge in [-0.25, -0.2) is 4.57 Å². The molecule has 0 aliphatic carbocycles. The minimum atomic E-state index is -4.35. The summed E-state index contributed by atoms with van der Waals surface area (Å²) in [5.41, 5.74) is 0. The van der Waals surface area contributed by atoms with Crippen molar-refractivity contribution in [2.45, 2.75) is 244 Å². The third-order valence-electron chi connectivity index (χ3n) is 11.5. The molecule has 3 N–H and O–H groups in total. The molecule has 0 fully saturated rings. The highest BCUT2D eigenvalue weighted by molar-refractivity contribution is 7.47. The average Bonchev–Trinajstić information content (AvgIpc) is 3.23. The van der Waals surface area contributed by atoms with E-state index in [1.54, 1.807) is 6.08 Å². The largest absolute Gasteiger partial charge is 0.472 e. The molecule has 9 heteroatoms. The first-order chi connectivity index (χ1) is 30.0. The van der Waals surface area contributed by atoms with Gasteiger partial charge in [-0.05, 0) is 64.2 Å². The van der Waals surface area contributed by atoms with Crippen molar-refractivity contribution in [3.63, 3.8) is 0 Å². The number of phosphoric ester groups is 1. The van der Waals surface area contributed by atoms with Gasteiger partial charge < -0.3 is 19.8 Å². The van der Waals surface area contributed by atoms with E-state index in [1.807, 2.05) is 27.2 Å². The van der Waals surface area contributed by atoms with Crippen molar-refractivity contribution < 1.29 is 32.9 Å². The molecule has 8 nitrogen and oxygen atoms in total. The molecular weight excluding hydrogens is 792 g/mol. The Bertz CT molecular complexity index is 1150. The zero-order valence-corrected chi connectivity index (χ0v) is 42.3. The van der Waals surface area contributed by atoms with Gasteiger partial charge >= 0.3 is 7.82 Å². The number of hydrogen-bond acceptors (Lipinski definition) is 5. The van der Waals surface area contributed by atoms with Crippen LogP contribution in [0.25, 0.3) is 0 Å². The minimum Gasteiger partial charge on any atom is -0.387 e. The molecule has 0 aromatic carbocycles. The van der Waals surface area contributed by atoms with Gasteiger partial charge in [-0.15, -0.1) is 0 Å². The highest BCUT2D eigenvalue weighted by Crippen LogP contribution is 2.43. The van der Waals surface area contributed by atoms with Crippen LogP contribution in [0.4, 0.5) is 0 Å². The summed E-state index contributed by atoms with van der Waals surface area (Å²) in [6, 6.07) is -0.865. The quantitative estimate of drug-likeness (QED) is 0.0243. The van der Waals surface area contributed by atoms with E-state index in [-0.39, 0.29) is 19.1 Å². The van der Waals surface area contributed by atoms with Gasteiger partial charge in [-0.3, -0.25) is 13.8 Å². The fourth-order valence-corrected chi connectivity index (χ4v) is 8.12. The first kappa shape index (κ1) is 60.5. The SMILES string of the molecule is CCCCCCC/C=C\C/C=C\CCCCCCCCCCCCCC(=O)NC(COP(=O)(O)OCC[N+](C)(C)C)C(O)/C=C/CC/C=C/CCCCCCCCCCCCC. The summed E-state index contributed by atoms with van der Waals surface area (Å²) < 4.78 is 23.6. The molecule has 0 bridgehead atoms. The molecular formula is C53H102N2O6P+. The maximum Gasteiger partial charge on any atom is 0.472 e. The number of amides is 1. The summed E-state index contributed by atoms with van der Waals surface area (Å²) >= 11 is 0. The standard InChI is InChI=1S/C53H101N2O6P/c1-6-8-10-12-14-16-18-20-22-24-25-26-27-28-29-31-33-35-37-39-41-43-45-47-53(57)54-51(50-61-62(58,59)60-49-48-55(3,4)5)52(56)46-44-42-40-38-36-34-32-30-23-21-19-17-15-13-11-9-7-2/h18,20,24-25,36,38,44,46,51-52,56H,6-17,19,21-23,26-35,37,39-43,45,47-50H2,1-5H3,(H-,54,57,58,59)/p+1/b20-18-,25-24-,38-36+,46-44+. The van der Waals surface area contributed by atoms with Crippen molar-refractivity contribution in [2.75, 3.05) is 40.9 Å². The van der Waals surface area contributed by atoms with E-state index in [0.29, 0.717) is 17.4 Å². The lowest BCUT2D eigenvalue weighted by Gasteiger charge is -2.25. The van der Waals surface area contributed by atoms with Crippen LogP contribution in [0.5, 0.6) is 0 Å². The van der Waals surface area contributed by atoms with Gasteiger partial charge in [0.25, 0.3) is 0 Å². The molecule has 364 valence electrons. The molecule has 0 heterocycles. The molecule has 0 spiro atoms. The second-order valence-corrected chi connectivity index (χ2v) is 20.3. The van der Waals surface area contributed by atoms with E-state index in [2.05, 4.69) is 55.6 Å². The summed E-state index contributed by atoms with van der Waals surface area (Å²) in [4.78, 5) is 23.2. The first-order valence-corrected chi connectivity index (χ1v) is 27.5. The van der Waals surface area contributed by atoms with E-state index in [9.17, 15) is 19.4 Å². The van der Waals surface area contributed by atoms with E-state index in [0.717, 1.165) is 44.9 Å². The summed E-state index contributed by atoms with van der Waals surface area (Å²) in [5, 5.41) is 13.9. The predicted octanol–water partition coefficient (Wildman–Crippen LogP) is 15.2. The van der Waals surface area contributed by atoms with Gasteiger partial charge in [0.1, 0.15) is 13.2 Å². The van der Waals surface area contributed by atoms with Gasteiger partial charge in [0, 0.05) is 6.42 Å². The zero-order chi connectivity index (χ0) is 45.7. The van der Waals surface area contributed by atoms with E-state index >= 15 is 0 Å². The smallest absolute Gasteiger partial charge is 0.387 e. The Labute approximate surface area is 384 Å². The highest BCUT2D eigenvalue weighted by Gasteiger charge is 2.27. The molecule has 0 rings (SSSR count). The number of carbonyl (C=O) groups is 1. The number of likely N-dealkylation sites (N-methyl/N-ethyl adjacent to an activating group) is 1. The summed E-state index contributed by atoms with van der Waals surface area (Å²) in [6.45, 7) is 4.79. The monoisotopic (exact) mass is 894 g/mol. The Kier molecular flexibility index (Phi) is 43.5. The Hall–Kier alpha value is -1.54. The molecule has 3 unspecified atom stereocenters. The maximum atomic E-state index is 12.9. The number of allylic oxidation sites excluding steroid dienone is 7. The van der Waals surface area contributed by atoms with Crippen molar-refractivity contribution in [1.29, 1.82) is 0 Å². The van der Waals surface area contributed by atoms with Crippen LogP contribution in [0.15, 0.2) is 48.6 Å². The predicted molar refractivity (Wildman–Crippen MR) is 267 cm³/mol. The van der Waals surface area contributed by atoms with Crippen LogP contribution in [0.1, 0.15) is 232 Å². The Morgan fingerprint density at radius 1 is 0.548 bits per heavy atom. The van der Waals surface area contributed by atoms with Crippen molar-refractivity contribution in [1.82, 2.24) is 5.32 Å². The number of unbranched alkanes of at least 4 members (excludes halogenated alkanes) is 28. The molecule has 0 radical (unpaired) electrons. The van der Waals surface area contributed by atoms with Crippen molar-refractivity contribution in [3.8, 4) is 0 Å².